The summed E-state index contributed by atoms with van der Waals surface area (Å²) in [6.45, 7) is 6.47. The van der Waals surface area contributed by atoms with E-state index in [0.717, 1.165) is 11.3 Å². The fourth-order valence-electron chi connectivity index (χ4n) is 1.19. The fourth-order valence-corrected chi connectivity index (χ4v) is 2.22. The first-order valence-electron chi connectivity index (χ1n) is 5.10. The van der Waals surface area contributed by atoms with Crippen LogP contribution in [0.2, 0.25) is 5.02 Å². The van der Waals surface area contributed by atoms with Gasteiger partial charge in [-0.05, 0) is 6.07 Å². The summed E-state index contributed by atoms with van der Waals surface area (Å²) in [5.41, 5.74) is 12.7. The molecule has 16 heavy (non-hydrogen) atoms. The van der Waals surface area contributed by atoms with Crippen molar-refractivity contribution in [2.75, 3.05) is 11.5 Å². The smallest absolute Gasteiger partial charge is 0.128 e. The highest BCUT2D eigenvalue weighted by Gasteiger charge is 2.16. The van der Waals surface area contributed by atoms with E-state index in [-0.39, 0.29) is 10.8 Å². The standard InChI is InChI=1S/C11H18ClN3S/c1-11(2,3)16-6-9(13)8-4-7(12)5-15-10(8)14/h4-5,9H,6,13H2,1-3H3,(H2,14,15). The number of nitrogen functional groups attached to an aromatic ring is 1. The Morgan fingerprint density at radius 2 is 2.12 bits per heavy atom. The van der Waals surface area contributed by atoms with Crippen LogP contribution in [-0.2, 0) is 0 Å². The van der Waals surface area contributed by atoms with Gasteiger partial charge in [-0.2, -0.15) is 11.8 Å². The Balaban J connectivity index is 2.73. The van der Waals surface area contributed by atoms with Crippen molar-refractivity contribution in [3.05, 3.63) is 22.8 Å². The number of nitrogens with two attached hydrogens (primary N) is 2. The van der Waals surface area contributed by atoms with Gasteiger partial charge in [-0.25, -0.2) is 4.98 Å². The van der Waals surface area contributed by atoms with Crippen molar-refractivity contribution in [1.29, 1.82) is 0 Å². The van der Waals surface area contributed by atoms with Gasteiger partial charge in [0.1, 0.15) is 5.82 Å². The first-order valence-corrected chi connectivity index (χ1v) is 6.46. The van der Waals surface area contributed by atoms with Crippen LogP contribution in [0, 0.1) is 0 Å². The van der Waals surface area contributed by atoms with Crippen LogP contribution in [0.25, 0.3) is 0 Å². The third kappa shape index (κ3) is 4.20. The van der Waals surface area contributed by atoms with Crippen LogP contribution in [0.3, 0.4) is 0 Å². The van der Waals surface area contributed by atoms with E-state index in [9.17, 15) is 0 Å². The van der Waals surface area contributed by atoms with Crippen molar-refractivity contribution in [3.8, 4) is 0 Å². The normalized spacial score (nSPS) is 13.8. The topological polar surface area (TPSA) is 64.9 Å². The number of hydrogen-bond acceptors (Lipinski definition) is 4. The molecule has 0 amide bonds. The number of anilines is 1. The summed E-state index contributed by atoms with van der Waals surface area (Å²) in [5, 5.41) is 0.570. The SMILES string of the molecule is CC(C)(C)SCC(N)c1cc(Cl)cnc1N. The second-order valence-electron chi connectivity index (χ2n) is 4.66. The molecule has 1 aromatic heterocycles. The molecule has 0 aliphatic rings. The van der Waals surface area contributed by atoms with Gasteiger partial charge in [0.2, 0.25) is 0 Å². The van der Waals surface area contributed by atoms with Crippen molar-refractivity contribution in [3.63, 3.8) is 0 Å². The van der Waals surface area contributed by atoms with E-state index in [1.54, 1.807) is 17.8 Å². The Kier molecular flexibility index (Phi) is 4.47. The minimum absolute atomic E-state index is 0.129. The van der Waals surface area contributed by atoms with Gasteiger partial charge < -0.3 is 11.5 Å². The van der Waals surface area contributed by atoms with Gasteiger partial charge in [-0.3, -0.25) is 0 Å². The highest BCUT2D eigenvalue weighted by molar-refractivity contribution is 8.00. The van der Waals surface area contributed by atoms with Crippen LogP contribution >= 0.6 is 23.4 Å². The molecule has 0 aromatic carbocycles. The van der Waals surface area contributed by atoms with Crippen LogP contribution < -0.4 is 11.5 Å². The van der Waals surface area contributed by atoms with E-state index in [2.05, 4.69) is 25.8 Å². The van der Waals surface area contributed by atoms with Crippen molar-refractivity contribution in [2.45, 2.75) is 31.6 Å². The molecule has 0 bridgehead atoms. The third-order valence-electron chi connectivity index (χ3n) is 2.01. The summed E-state index contributed by atoms with van der Waals surface area (Å²) in [6.07, 6.45) is 1.53. The number of nitrogens with zero attached hydrogens (tertiary/aromatic N) is 1. The Morgan fingerprint density at radius 1 is 1.50 bits per heavy atom. The van der Waals surface area contributed by atoms with Gasteiger partial charge in [0.05, 0.1) is 5.02 Å². The molecule has 0 fully saturated rings. The highest BCUT2D eigenvalue weighted by Crippen LogP contribution is 2.29. The summed E-state index contributed by atoms with van der Waals surface area (Å²) in [5.74, 6) is 1.27. The molecule has 0 aliphatic heterocycles. The van der Waals surface area contributed by atoms with E-state index in [1.807, 2.05) is 0 Å². The van der Waals surface area contributed by atoms with E-state index < -0.39 is 0 Å². The molecule has 0 radical (unpaired) electrons. The Morgan fingerprint density at radius 3 is 2.69 bits per heavy atom. The molecule has 4 N–H and O–H groups in total. The molecule has 1 heterocycles. The minimum atomic E-state index is -0.129. The van der Waals surface area contributed by atoms with Crippen LogP contribution in [0.4, 0.5) is 5.82 Å². The molecule has 1 atom stereocenters. The van der Waals surface area contributed by atoms with Crippen LogP contribution in [0.1, 0.15) is 32.4 Å². The van der Waals surface area contributed by atoms with Crippen molar-refractivity contribution in [1.82, 2.24) is 4.98 Å². The highest BCUT2D eigenvalue weighted by atomic mass is 35.5. The minimum Gasteiger partial charge on any atom is -0.383 e. The number of aromatic nitrogens is 1. The van der Waals surface area contributed by atoms with Gasteiger partial charge in [-0.15, -0.1) is 0 Å². The Labute approximate surface area is 106 Å². The summed E-state index contributed by atoms with van der Waals surface area (Å²) < 4.78 is 0.193. The molecule has 3 nitrogen and oxygen atoms in total. The molecule has 90 valence electrons. The van der Waals surface area contributed by atoms with Gasteiger partial charge in [0, 0.05) is 28.3 Å². The predicted octanol–water partition coefficient (Wildman–Crippen LogP) is 2.85. The monoisotopic (exact) mass is 259 g/mol. The number of hydrogen-bond donors (Lipinski definition) is 2. The number of pyridine rings is 1. The van der Waals surface area contributed by atoms with Crippen LogP contribution in [0.15, 0.2) is 12.3 Å². The third-order valence-corrected chi connectivity index (χ3v) is 3.61. The quantitative estimate of drug-likeness (QED) is 0.876. The molecule has 0 saturated carbocycles. The average Bonchev–Trinajstić information content (AvgIpc) is 2.17. The summed E-state index contributed by atoms with van der Waals surface area (Å²) in [4.78, 5) is 4.00. The molecular formula is C11H18ClN3S. The van der Waals surface area contributed by atoms with Gasteiger partial charge in [-0.1, -0.05) is 32.4 Å². The van der Waals surface area contributed by atoms with E-state index >= 15 is 0 Å². The Hall–Kier alpha value is -0.450. The lowest BCUT2D eigenvalue weighted by Gasteiger charge is -2.21. The van der Waals surface area contributed by atoms with E-state index in [4.69, 9.17) is 23.1 Å². The molecule has 1 unspecified atom stereocenters. The first-order chi connectivity index (χ1) is 7.29. The number of rotatable bonds is 3. The van der Waals surface area contributed by atoms with Crippen LogP contribution in [0.5, 0.6) is 0 Å². The lowest BCUT2D eigenvalue weighted by Crippen LogP contribution is -2.19. The maximum absolute atomic E-state index is 6.07. The first kappa shape index (κ1) is 13.6. The van der Waals surface area contributed by atoms with Gasteiger partial charge in [0.15, 0.2) is 0 Å². The maximum atomic E-state index is 6.07. The van der Waals surface area contributed by atoms with Crippen molar-refractivity contribution in [2.24, 2.45) is 5.73 Å². The van der Waals surface area contributed by atoms with E-state index in [1.165, 1.54) is 6.20 Å². The molecule has 1 rings (SSSR count). The summed E-state index contributed by atoms with van der Waals surface area (Å²) in [6, 6.07) is 1.66. The summed E-state index contributed by atoms with van der Waals surface area (Å²) in [7, 11) is 0. The number of halogens is 1. The molecule has 1 aromatic rings. The zero-order valence-electron chi connectivity index (χ0n) is 9.83. The molecule has 0 aliphatic carbocycles. The molecular weight excluding hydrogens is 242 g/mol. The fraction of sp³-hybridized carbons (Fsp3) is 0.545. The summed E-state index contributed by atoms with van der Waals surface area (Å²) >= 11 is 7.67. The van der Waals surface area contributed by atoms with Crippen molar-refractivity contribution < 1.29 is 0 Å². The molecule has 5 heteroatoms. The maximum Gasteiger partial charge on any atom is 0.128 e. The van der Waals surface area contributed by atoms with Gasteiger partial charge in [0.25, 0.3) is 0 Å². The predicted molar refractivity (Wildman–Crippen MR) is 72.8 cm³/mol. The van der Waals surface area contributed by atoms with Gasteiger partial charge >= 0.3 is 0 Å². The molecule has 0 saturated heterocycles. The second kappa shape index (κ2) is 5.25. The zero-order valence-corrected chi connectivity index (χ0v) is 11.4. The van der Waals surface area contributed by atoms with Crippen LogP contribution in [-0.4, -0.2) is 15.5 Å². The largest absolute Gasteiger partial charge is 0.383 e. The average molecular weight is 260 g/mol. The lowest BCUT2D eigenvalue weighted by molar-refractivity contribution is 0.778. The lowest BCUT2D eigenvalue weighted by atomic mass is 10.1. The zero-order chi connectivity index (χ0) is 12.3. The number of thioether (sulfide) groups is 1. The van der Waals surface area contributed by atoms with Crippen molar-refractivity contribution >= 4 is 29.2 Å². The molecule has 0 spiro atoms. The Bertz CT molecular complexity index is 363. The van der Waals surface area contributed by atoms with E-state index in [0.29, 0.717) is 10.8 Å². The second-order valence-corrected chi connectivity index (χ2v) is 6.94.